The van der Waals surface area contributed by atoms with E-state index >= 15 is 0 Å². The fourth-order valence-electron chi connectivity index (χ4n) is 2.45. The Morgan fingerprint density at radius 1 is 1.15 bits per heavy atom. The lowest BCUT2D eigenvalue weighted by molar-refractivity contribution is 0.269. The largest absolute Gasteiger partial charge is 0.490 e. The normalized spacial score (nSPS) is 11.6. The molecule has 0 bridgehead atoms. The lowest BCUT2D eigenvalue weighted by Crippen LogP contribution is -2.31. The molecule has 0 saturated heterocycles. The molecule has 27 heavy (non-hydrogen) atoms. The van der Waals surface area contributed by atoms with Gasteiger partial charge in [0.15, 0.2) is 11.5 Å². The van der Waals surface area contributed by atoms with Crippen LogP contribution in [0.5, 0.6) is 11.5 Å². The maximum atomic E-state index is 11.7. The van der Waals surface area contributed by atoms with Crippen molar-refractivity contribution in [3.05, 3.63) is 78.6 Å². The lowest BCUT2D eigenvalue weighted by atomic mass is 10.1. The number of aromatic nitrogens is 1. The molecular weight excluding hydrogens is 389 g/mol. The van der Waals surface area contributed by atoms with Crippen molar-refractivity contribution in [3.63, 3.8) is 0 Å². The average molecular weight is 406 g/mol. The summed E-state index contributed by atoms with van der Waals surface area (Å²) in [7, 11) is 0. The Bertz CT molecular complexity index is 1090. The monoisotopic (exact) mass is 405 g/mol. The van der Waals surface area contributed by atoms with E-state index in [1.165, 1.54) is 0 Å². The zero-order chi connectivity index (χ0) is 19.4. The summed E-state index contributed by atoms with van der Waals surface area (Å²) in [6.45, 7) is 6.35. The van der Waals surface area contributed by atoms with E-state index in [9.17, 15) is 4.79 Å². The summed E-state index contributed by atoms with van der Waals surface area (Å²) >= 11 is 12.1. The molecule has 0 aliphatic rings. The number of aromatic amines is 1. The second-order valence-electron chi connectivity index (χ2n) is 5.69. The Hall–Kier alpha value is -2.63. The molecule has 5 nitrogen and oxygen atoms in total. The van der Waals surface area contributed by atoms with Gasteiger partial charge in [0.25, 0.3) is 0 Å². The van der Waals surface area contributed by atoms with Crippen molar-refractivity contribution in [3.8, 4) is 11.5 Å². The van der Waals surface area contributed by atoms with Crippen LogP contribution in [0.3, 0.4) is 0 Å². The minimum Gasteiger partial charge on any atom is -0.490 e. The highest BCUT2D eigenvalue weighted by Gasteiger charge is 2.09. The zero-order valence-corrected chi connectivity index (χ0v) is 16.1. The molecule has 0 amide bonds. The van der Waals surface area contributed by atoms with Crippen LogP contribution in [0.2, 0.25) is 10.0 Å². The van der Waals surface area contributed by atoms with Crippen molar-refractivity contribution in [1.82, 2.24) is 5.16 Å². The van der Waals surface area contributed by atoms with Crippen LogP contribution in [0, 0.1) is 0 Å². The summed E-state index contributed by atoms with van der Waals surface area (Å²) < 4.78 is 16.3. The highest BCUT2D eigenvalue weighted by molar-refractivity contribution is 6.35. The topological polar surface area (TPSA) is 64.5 Å². The first kappa shape index (κ1) is 19.1. The minimum absolute atomic E-state index is 0.267. The lowest BCUT2D eigenvalue weighted by Gasteiger charge is -2.13. The number of rotatable bonds is 6. The summed E-state index contributed by atoms with van der Waals surface area (Å²) in [5.41, 5.74) is 1.09. The second-order valence-corrected chi connectivity index (χ2v) is 6.54. The van der Waals surface area contributed by atoms with Crippen LogP contribution in [0.25, 0.3) is 12.7 Å². The quantitative estimate of drug-likeness (QED) is 0.681. The van der Waals surface area contributed by atoms with Gasteiger partial charge in [-0.1, -0.05) is 41.9 Å². The zero-order valence-electron chi connectivity index (χ0n) is 14.6. The molecule has 0 radical (unpaired) electrons. The number of nitrogens with one attached hydrogen (secondary N) is 1. The summed E-state index contributed by atoms with van der Waals surface area (Å²) in [6, 6.07) is 10.6. The van der Waals surface area contributed by atoms with E-state index < -0.39 is 5.63 Å². The molecule has 2 aromatic carbocycles. The molecular formula is C20H17Cl2NO4. The molecule has 1 N–H and O–H groups in total. The third-order valence-electron chi connectivity index (χ3n) is 3.79. The SMILES string of the molecule is C=c1[nH]oc(=O)/c1=C/c1ccc(OCc2ccc(Cl)cc2Cl)c(OCC)c1. The van der Waals surface area contributed by atoms with Gasteiger partial charge < -0.3 is 14.0 Å². The minimum atomic E-state index is -0.476. The number of hydrogen-bond acceptors (Lipinski definition) is 4. The molecule has 0 unspecified atom stereocenters. The van der Waals surface area contributed by atoms with E-state index in [1.54, 1.807) is 30.3 Å². The maximum absolute atomic E-state index is 11.7. The van der Waals surface area contributed by atoms with E-state index in [0.717, 1.165) is 11.1 Å². The second kappa shape index (κ2) is 8.37. The number of hydrogen-bond donors (Lipinski definition) is 1. The van der Waals surface area contributed by atoms with Gasteiger partial charge in [-0.3, -0.25) is 0 Å². The molecule has 0 fully saturated rings. The van der Waals surface area contributed by atoms with Gasteiger partial charge in [-0.15, -0.1) is 0 Å². The number of benzene rings is 2. The van der Waals surface area contributed by atoms with Gasteiger partial charge in [0.05, 0.1) is 17.2 Å². The Balaban J connectivity index is 1.89. The van der Waals surface area contributed by atoms with Gasteiger partial charge in [-0.05, 0) is 42.8 Å². The molecule has 0 spiro atoms. The van der Waals surface area contributed by atoms with E-state index in [4.69, 9.17) is 37.2 Å². The molecule has 3 aromatic rings. The molecule has 0 saturated carbocycles. The molecule has 140 valence electrons. The summed E-state index contributed by atoms with van der Waals surface area (Å²) in [4.78, 5) is 11.7. The smallest absolute Gasteiger partial charge is 0.365 e. The Morgan fingerprint density at radius 3 is 2.63 bits per heavy atom. The van der Waals surface area contributed by atoms with Crippen LogP contribution in [0.4, 0.5) is 0 Å². The van der Waals surface area contributed by atoms with Crippen molar-refractivity contribution in [2.75, 3.05) is 6.61 Å². The average Bonchev–Trinajstić information content (AvgIpc) is 2.94. The Labute approximate surface area is 165 Å². The van der Waals surface area contributed by atoms with E-state index in [2.05, 4.69) is 11.7 Å². The maximum Gasteiger partial charge on any atom is 0.365 e. The van der Waals surface area contributed by atoms with Crippen LogP contribution in [-0.2, 0) is 6.61 Å². The van der Waals surface area contributed by atoms with Gasteiger partial charge >= 0.3 is 5.63 Å². The standard InChI is InChI=1S/C20H17Cl2NO4/c1-3-25-19-9-13(8-16-12(2)23-27-20(16)24)4-7-18(19)26-11-14-5-6-15(21)10-17(14)22/h4-10,23H,2-3,11H2,1H3/b16-8+. The van der Waals surface area contributed by atoms with Crippen LogP contribution >= 0.6 is 23.2 Å². The summed E-state index contributed by atoms with van der Waals surface area (Å²) in [5, 5.41) is 4.32. The van der Waals surface area contributed by atoms with E-state index in [-0.39, 0.29) is 6.61 Å². The fourth-order valence-corrected chi connectivity index (χ4v) is 2.91. The summed E-state index contributed by atoms with van der Waals surface area (Å²) in [5.74, 6) is 1.12. The molecule has 1 heterocycles. The van der Waals surface area contributed by atoms with Gasteiger partial charge in [0, 0.05) is 15.6 Å². The van der Waals surface area contributed by atoms with Gasteiger partial charge in [0.2, 0.25) is 0 Å². The fraction of sp³-hybridized carbons (Fsp3) is 0.150. The molecule has 7 heteroatoms. The molecule has 1 aromatic heterocycles. The van der Waals surface area contributed by atoms with Crippen molar-refractivity contribution < 1.29 is 14.0 Å². The van der Waals surface area contributed by atoms with Crippen LogP contribution in [-0.4, -0.2) is 11.8 Å². The predicted molar refractivity (Wildman–Crippen MR) is 106 cm³/mol. The van der Waals surface area contributed by atoms with Gasteiger partial charge in [-0.25, -0.2) is 9.95 Å². The number of halogens is 2. The first-order chi connectivity index (χ1) is 13.0. The first-order valence-corrected chi connectivity index (χ1v) is 8.95. The number of ether oxygens (including phenoxy) is 2. The molecule has 0 aliphatic heterocycles. The van der Waals surface area contributed by atoms with Crippen LogP contribution < -0.4 is 25.7 Å². The number of H-pyrrole nitrogens is 1. The van der Waals surface area contributed by atoms with Crippen molar-refractivity contribution >= 4 is 35.9 Å². The Morgan fingerprint density at radius 2 is 1.96 bits per heavy atom. The van der Waals surface area contributed by atoms with Crippen LogP contribution in [0.1, 0.15) is 18.1 Å². The highest BCUT2D eigenvalue weighted by atomic mass is 35.5. The highest BCUT2D eigenvalue weighted by Crippen LogP contribution is 2.30. The Kier molecular flexibility index (Phi) is 5.94. The van der Waals surface area contributed by atoms with Crippen molar-refractivity contribution in [2.24, 2.45) is 0 Å². The molecule has 0 aliphatic carbocycles. The van der Waals surface area contributed by atoms with Gasteiger partial charge in [0.1, 0.15) is 6.61 Å². The third-order valence-corrected chi connectivity index (χ3v) is 4.38. The van der Waals surface area contributed by atoms with E-state index in [0.29, 0.717) is 38.7 Å². The van der Waals surface area contributed by atoms with Crippen molar-refractivity contribution in [2.45, 2.75) is 13.5 Å². The van der Waals surface area contributed by atoms with Crippen LogP contribution in [0.15, 0.2) is 45.7 Å². The molecule has 0 atom stereocenters. The van der Waals surface area contributed by atoms with E-state index in [1.807, 2.05) is 19.1 Å². The van der Waals surface area contributed by atoms with Crippen molar-refractivity contribution in [1.29, 1.82) is 0 Å². The molecule has 3 rings (SSSR count). The predicted octanol–water partition coefficient (Wildman–Crippen LogP) is 3.49. The van der Waals surface area contributed by atoms with Gasteiger partial charge in [-0.2, -0.15) is 0 Å². The first-order valence-electron chi connectivity index (χ1n) is 8.19. The summed E-state index contributed by atoms with van der Waals surface area (Å²) in [6.07, 6.45) is 1.67. The third kappa shape index (κ3) is 4.56.